The van der Waals surface area contributed by atoms with Crippen LogP contribution in [0.15, 0.2) is 4.99 Å². The molecule has 1 aromatic heterocycles. The van der Waals surface area contributed by atoms with Gasteiger partial charge < -0.3 is 15.4 Å². The highest BCUT2D eigenvalue weighted by molar-refractivity contribution is 14.0. The maximum absolute atomic E-state index is 5.14. The number of rotatable bonds is 5. The minimum atomic E-state index is 0. The highest BCUT2D eigenvalue weighted by atomic mass is 127. The maximum atomic E-state index is 5.14. The molecule has 1 fully saturated rings. The molecular formula is C18H33IN6O. The van der Waals surface area contributed by atoms with Gasteiger partial charge in [-0.25, -0.2) is 9.67 Å². The van der Waals surface area contributed by atoms with Gasteiger partial charge in [-0.15, -0.1) is 24.0 Å². The normalized spacial score (nSPS) is 23.8. The predicted octanol–water partition coefficient (Wildman–Crippen LogP) is 2.35. The molecule has 2 N–H and O–H groups in total. The van der Waals surface area contributed by atoms with E-state index in [2.05, 4.69) is 60.3 Å². The standard InChI is InChI=1S/C18H32N6O.HI/c1-7-19-16(22-15-17(2,3)18(15,4)5)20-12-8-9-14-21-13(11-25-6)23-24(14)10-12;/h12,15H,7-11H2,1-6H3,(H2,19,20,22);1H. The summed E-state index contributed by atoms with van der Waals surface area (Å²) in [5.74, 6) is 2.73. The van der Waals surface area contributed by atoms with Crippen molar-refractivity contribution in [3.63, 3.8) is 0 Å². The van der Waals surface area contributed by atoms with Crippen molar-refractivity contribution in [2.24, 2.45) is 15.8 Å². The lowest BCUT2D eigenvalue weighted by molar-refractivity contribution is 0.177. The second kappa shape index (κ2) is 8.00. The van der Waals surface area contributed by atoms with Gasteiger partial charge in [0.2, 0.25) is 0 Å². The summed E-state index contributed by atoms with van der Waals surface area (Å²) in [6.07, 6.45) is 1.96. The van der Waals surface area contributed by atoms with E-state index >= 15 is 0 Å². The first-order chi connectivity index (χ1) is 11.8. The van der Waals surface area contributed by atoms with Gasteiger partial charge in [-0.05, 0) is 24.2 Å². The van der Waals surface area contributed by atoms with Crippen molar-refractivity contribution in [3.8, 4) is 0 Å². The molecule has 2 aliphatic rings. The number of halogens is 1. The minimum absolute atomic E-state index is 0. The summed E-state index contributed by atoms with van der Waals surface area (Å²) in [6.45, 7) is 13.4. The van der Waals surface area contributed by atoms with Crippen LogP contribution in [0, 0.1) is 10.8 Å². The van der Waals surface area contributed by atoms with Crippen molar-refractivity contribution < 1.29 is 4.74 Å². The Kier molecular flexibility index (Phi) is 6.58. The molecule has 0 saturated heterocycles. The first-order valence-electron chi connectivity index (χ1n) is 9.28. The molecule has 8 heteroatoms. The van der Waals surface area contributed by atoms with E-state index in [0.717, 1.165) is 43.5 Å². The number of nitrogens with one attached hydrogen (secondary N) is 2. The molecule has 7 nitrogen and oxygen atoms in total. The molecule has 2 heterocycles. The van der Waals surface area contributed by atoms with Crippen molar-refractivity contribution >= 4 is 29.9 Å². The van der Waals surface area contributed by atoms with Crippen LogP contribution in [0.5, 0.6) is 0 Å². The van der Waals surface area contributed by atoms with Crippen molar-refractivity contribution in [1.82, 2.24) is 25.4 Å². The summed E-state index contributed by atoms with van der Waals surface area (Å²) in [4.78, 5) is 9.19. The lowest BCUT2D eigenvalue weighted by Crippen LogP contribution is -2.48. The molecule has 3 rings (SSSR count). The van der Waals surface area contributed by atoms with E-state index in [1.807, 2.05) is 4.68 Å². The van der Waals surface area contributed by atoms with E-state index in [1.54, 1.807) is 7.11 Å². The van der Waals surface area contributed by atoms with Crippen LogP contribution in [0.25, 0.3) is 0 Å². The summed E-state index contributed by atoms with van der Waals surface area (Å²) in [7, 11) is 1.67. The molecule has 1 unspecified atom stereocenters. The van der Waals surface area contributed by atoms with Gasteiger partial charge in [-0.3, -0.25) is 4.99 Å². The summed E-state index contributed by atoms with van der Waals surface area (Å²) in [5.41, 5.74) is 0.563. The molecule has 1 saturated carbocycles. The van der Waals surface area contributed by atoms with Crippen molar-refractivity contribution in [2.45, 2.75) is 72.7 Å². The quantitative estimate of drug-likeness (QED) is 0.388. The Bertz CT molecular complexity index is 640. The zero-order valence-corrected chi connectivity index (χ0v) is 19.1. The summed E-state index contributed by atoms with van der Waals surface area (Å²) in [6, 6.07) is 0.754. The predicted molar refractivity (Wildman–Crippen MR) is 114 cm³/mol. The number of methoxy groups -OCH3 is 1. The molecule has 0 amide bonds. The molecule has 0 radical (unpaired) electrons. The Morgan fingerprint density at radius 1 is 1.27 bits per heavy atom. The Labute approximate surface area is 173 Å². The summed E-state index contributed by atoms with van der Waals surface area (Å²) in [5, 5.41) is 11.8. The Hall–Kier alpha value is -0.900. The number of hydrogen-bond donors (Lipinski definition) is 2. The average molecular weight is 476 g/mol. The fourth-order valence-electron chi connectivity index (χ4n) is 3.85. The second-order valence-electron chi connectivity index (χ2n) is 8.28. The molecule has 1 aromatic rings. The molecule has 0 spiro atoms. The van der Waals surface area contributed by atoms with Gasteiger partial charge in [0.1, 0.15) is 12.4 Å². The topological polar surface area (TPSA) is 76.4 Å². The number of fused-ring (bicyclic) bond motifs is 1. The van der Waals surface area contributed by atoms with Crippen LogP contribution in [0.4, 0.5) is 0 Å². The zero-order valence-electron chi connectivity index (χ0n) is 16.8. The first-order valence-corrected chi connectivity index (χ1v) is 9.28. The monoisotopic (exact) mass is 476 g/mol. The molecule has 1 aliphatic heterocycles. The highest BCUT2D eigenvalue weighted by Crippen LogP contribution is 2.62. The fourth-order valence-corrected chi connectivity index (χ4v) is 3.85. The third kappa shape index (κ3) is 4.00. The number of aromatic nitrogens is 3. The molecular weight excluding hydrogens is 443 g/mol. The SMILES string of the molecule is CCN=C(NC1CCc2nc(COC)nn2C1)NC1C(C)(C)C1(C)C.I. The van der Waals surface area contributed by atoms with E-state index < -0.39 is 0 Å². The Morgan fingerprint density at radius 2 is 1.96 bits per heavy atom. The second-order valence-corrected chi connectivity index (χ2v) is 8.28. The maximum Gasteiger partial charge on any atom is 0.191 e. The van der Waals surface area contributed by atoms with E-state index in [1.165, 1.54) is 0 Å². The third-order valence-corrected chi connectivity index (χ3v) is 6.13. The highest BCUT2D eigenvalue weighted by Gasteiger charge is 2.65. The van der Waals surface area contributed by atoms with Gasteiger partial charge in [-0.1, -0.05) is 27.7 Å². The van der Waals surface area contributed by atoms with Gasteiger partial charge in [-0.2, -0.15) is 5.10 Å². The number of aryl methyl sites for hydroxylation is 1. The number of hydrogen-bond acceptors (Lipinski definition) is 4. The van der Waals surface area contributed by atoms with Gasteiger partial charge in [0.25, 0.3) is 0 Å². The fraction of sp³-hybridized carbons (Fsp3) is 0.833. The number of ether oxygens (including phenoxy) is 1. The van der Waals surface area contributed by atoms with Gasteiger partial charge in [0.05, 0.1) is 6.54 Å². The van der Waals surface area contributed by atoms with Crippen molar-refractivity contribution in [3.05, 3.63) is 11.6 Å². The lowest BCUT2D eigenvalue weighted by Gasteiger charge is -2.26. The van der Waals surface area contributed by atoms with Crippen LogP contribution in [-0.2, 0) is 24.3 Å². The van der Waals surface area contributed by atoms with Crippen LogP contribution in [-0.4, -0.2) is 46.5 Å². The molecule has 26 heavy (non-hydrogen) atoms. The number of nitrogens with zero attached hydrogens (tertiary/aromatic N) is 4. The molecule has 0 aromatic carbocycles. The Balaban J connectivity index is 0.00000243. The zero-order chi connectivity index (χ0) is 18.2. The largest absolute Gasteiger partial charge is 0.377 e. The molecule has 1 atom stereocenters. The van der Waals surface area contributed by atoms with Crippen molar-refractivity contribution in [1.29, 1.82) is 0 Å². The first kappa shape index (κ1) is 21.4. The van der Waals surface area contributed by atoms with E-state index in [-0.39, 0.29) is 34.8 Å². The van der Waals surface area contributed by atoms with Crippen LogP contribution in [0.1, 0.15) is 52.7 Å². The average Bonchev–Trinajstić information content (AvgIpc) is 2.86. The Morgan fingerprint density at radius 3 is 2.54 bits per heavy atom. The van der Waals surface area contributed by atoms with Gasteiger partial charge in [0, 0.05) is 32.2 Å². The number of aliphatic imine (C=N–C) groups is 1. The van der Waals surface area contributed by atoms with Gasteiger partial charge in [0.15, 0.2) is 11.8 Å². The van der Waals surface area contributed by atoms with E-state index in [0.29, 0.717) is 18.7 Å². The van der Waals surface area contributed by atoms with E-state index in [4.69, 9.17) is 4.74 Å². The summed E-state index contributed by atoms with van der Waals surface area (Å²) >= 11 is 0. The van der Waals surface area contributed by atoms with Crippen LogP contribution in [0.3, 0.4) is 0 Å². The third-order valence-electron chi connectivity index (χ3n) is 6.13. The van der Waals surface area contributed by atoms with Gasteiger partial charge >= 0.3 is 0 Å². The molecule has 1 aliphatic carbocycles. The van der Waals surface area contributed by atoms with Crippen LogP contribution < -0.4 is 10.6 Å². The number of guanidine groups is 1. The smallest absolute Gasteiger partial charge is 0.191 e. The minimum Gasteiger partial charge on any atom is -0.377 e. The van der Waals surface area contributed by atoms with E-state index in [9.17, 15) is 0 Å². The lowest BCUT2D eigenvalue weighted by atomic mass is 10.0. The molecule has 0 bridgehead atoms. The molecule has 148 valence electrons. The van der Waals surface area contributed by atoms with Crippen LogP contribution >= 0.6 is 24.0 Å². The van der Waals surface area contributed by atoms with Crippen molar-refractivity contribution in [2.75, 3.05) is 13.7 Å². The van der Waals surface area contributed by atoms with Crippen LogP contribution in [0.2, 0.25) is 0 Å². The summed E-state index contributed by atoms with van der Waals surface area (Å²) < 4.78 is 7.14.